The van der Waals surface area contributed by atoms with E-state index in [1.165, 1.54) is 29.8 Å². The summed E-state index contributed by atoms with van der Waals surface area (Å²) in [6.07, 6.45) is -0.660. The number of aliphatic imine (C=N–C) groups is 1. The van der Waals surface area contributed by atoms with Gasteiger partial charge < -0.3 is 14.7 Å². The average molecular weight is 695 g/mol. The monoisotopic (exact) mass is 694 g/mol. The lowest BCUT2D eigenvalue weighted by molar-refractivity contribution is -0.192. The number of halogens is 5. The number of amides is 1. The first-order chi connectivity index (χ1) is 23.9. The summed E-state index contributed by atoms with van der Waals surface area (Å²) in [4.78, 5) is 36.9. The quantitative estimate of drug-likeness (QED) is 0.195. The molecule has 1 saturated heterocycles. The molecule has 262 valence electrons. The lowest BCUT2D eigenvalue weighted by Crippen LogP contribution is -2.44. The van der Waals surface area contributed by atoms with Crippen LogP contribution in [0.25, 0.3) is 0 Å². The van der Waals surface area contributed by atoms with E-state index in [0.29, 0.717) is 35.6 Å². The predicted molar refractivity (Wildman–Crippen MR) is 176 cm³/mol. The number of pyridine rings is 1. The molecular formula is C37H35F5N4O4. The minimum atomic E-state index is -5.08. The highest BCUT2D eigenvalue weighted by Gasteiger charge is 2.51. The molecule has 2 aliphatic rings. The third-order valence-electron chi connectivity index (χ3n) is 8.44. The minimum absolute atomic E-state index is 0.185. The Kier molecular flexibility index (Phi) is 11.3. The number of hydrogen-bond acceptors (Lipinski definition) is 6. The maximum atomic E-state index is 14.5. The van der Waals surface area contributed by atoms with Crippen LogP contribution < -0.4 is 4.74 Å². The number of ether oxygens (including phenoxy) is 1. The molecule has 3 aromatic carbocycles. The normalized spacial score (nSPS) is 18.3. The second-order valence-electron chi connectivity index (χ2n) is 12.0. The van der Waals surface area contributed by atoms with Gasteiger partial charge in [-0.1, -0.05) is 48.0 Å². The van der Waals surface area contributed by atoms with Crippen LogP contribution in [0.15, 0.2) is 102 Å². The summed E-state index contributed by atoms with van der Waals surface area (Å²) in [6, 6.07) is 25.2. The van der Waals surface area contributed by atoms with Gasteiger partial charge in [-0.25, -0.2) is 18.6 Å². The number of aryl methyl sites for hydroxylation is 1. The third-order valence-corrected chi connectivity index (χ3v) is 8.44. The second-order valence-corrected chi connectivity index (χ2v) is 12.0. The fourth-order valence-corrected chi connectivity index (χ4v) is 5.92. The largest absolute Gasteiger partial charge is 0.490 e. The van der Waals surface area contributed by atoms with Gasteiger partial charge in [0.25, 0.3) is 5.91 Å². The first-order valence-corrected chi connectivity index (χ1v) is 16.0. The van der Waals surface area contributed by atoms with E-state index in [2.05, 4.69) is 28.9 Å². The van der Waals surface area contributed by atoms with Crippen LogP contribution in [0.2, 0.25) is 0 Å². The number of hydrogen-bond donors (Lipinski definition) is 1. The van der Waals surface area contributed by atoms with Gasteiger partial charge in [0.1, 0.15) is 29.2 Å². The lowest BCUT2D eigenvalue weighted by atomic mass is 9.82. The van der Waals surface area contributed by atoms with Crippen LogP contribution in [0, 0.1) is 18.6 Å². The molecule has 4 aromatic rings. The summed E-state index contributed by atoms with van der Waals surface area (Å²) >= 11 is 0. The number of aromatic nitrogens is 1. The number of amidine groups is 1. The van der Waals surface area contributed by atoms with Gasteiger partial charge in [-0.15, -0.1) is 0 Å². The molecule has 6 rings (SSSR count). The van der Waals surface area contributed by atoms with Crippen molar-refractivity contribution in [2.75, 3.05) is 26.2 Å². The van der Waals surface area contributed by atoms with Crippen molar-refractivity contribution in [3.05, 3.63) is 131 Å². The molecule has 1 fully saturated rings. The van der Waals surface area contributed by atoms with E-state index < -0.39 is 29.3 Å². The Hall–Kier alpha value is -5.17. The van der Waals surface area contributed by atoms with Gasteiger partial charge in [0, 0.05) is 25.8 Å². The van der Waals surface area contributed by atoms with Gasteiger partial charge in [-0.2, -0.15) is 13.2 Å². The molecule has 0 saturated carbocycles. The minimum Gasteiger partial charge on any atom is -0.490 e. The molecule has 13 heteroatoms. The number of carboxylic acids is 1. The van der Waals surface area contributed by atoms with Gasteiger partial charge in [-0.3, -0.25) is 14.7 Å². The number of aliphatic carboxylic acids is 1. The van der Waals surface area contributed by atoms with Gasteiger partial charge in [0.2, 0.25) is 0 Å². The highest BCUT2D eigenvalue weighted by molar-refractivity contribution is 6.16. The lowest BCUT2D eigenvalue weighted by Gasteiger charge is -2.32. The van der Waals surface area contributed by atoms with Crippen LogP contribution in [-0.4, -0.2) is 76.1 Å². The van der Waals surface area contributed by atoms with E-state index in [1.54, 1.807) is 41.4 Å². The van der Waals surface area contributed by atoms with Crippen LogP contribution in [0.4, 0.5) is 22.0 Å². The van der Waals surface area contributed by atoms with Crippen molar-refractivity contribution in [1.82, 2.24) is 14.8 Å². The fraction of sp³-hybridized carbons (Fsp3) is 0.297. The zero-order valence-electron chi connectivity index (χ0n) is 27.1. The van der Waals surface area contributed by atoms with E-state index in [1.807, 2.05) is 24.3 Å². The Bertz CT molecular complexity index is 1800. The van der Waals surface area contributed by atoms with E-state index in [4.69, 9.17) is 19.6 Å². The molecule has 0 spiro atoms. The molecule has 3 heterocycles. The van der Waals surface area contributed by atoms with Gasteiger partial charge in [0.05, 0.1) is 0 Å². The molecule has 2 aliphatic heterocycles. The van der Waals surface area contributed by atoms with Crippen molar-refractivity contribution in [2.24, 2.45) is 4.99 Å². The Morgan fingerprint density at radius 2 is 1.58 bits per heavy atom. The summed E-state index contributed by atoms with van der Waals surface area (Å²) in [5.74, 6) is -2.65. The number of carbonyl (C=O) groups excluding carboxylic acids is 1. The molecule has 8 nitrogen and oxygen atoms in total. The highest BCUT2D eigenvalue weighted by Crippen LogP contribution is 2.41. The van der Waals surface area contributed by atoms with Crippen LogP contribution >= 0.6 is 0 Å². The third kappa shape index (κ3) is 8.51. The number of carbonyl (C=O) groups is 2. The molecule has 1 aromatic heterocycles. The maximum absolute atomic E-state index is 14.5. The number of benzene rings is 3. The zero-order valence-corrected chi connectivity index (χ0v) is 27.1. The Morgan fingerprint density at radius 1 is 0.900 bits per heavy atom. The molecular weight excluding hydrogens is 659 g/mol. The Morgan fingerprint density at radius 3 is 2.18 bits per heavy atom. The SMILES string of the molecule is Cc1ccc(OC2CCN(CCCN3C(=O)C(c4ccc(F)cc4)(c4cccc(F)c4)N=C3c3ccccn3)CC2)cc1.O=C(O)C(F)(F)F. The smallest absolute Gasteiger partial charge is 0.490 e. The Labute approximate surface area is 285 Å². The molecule has 1 N–H and O–H groups in total. The Balaban J connectivity index is 0.000000630. The topological polar surface area (TPSA) is 95.3 Å². The number of piperidine rings is 1. The standard InChI is InChI=1S/C35H34F2N4O2.C2HF3O2/c1-25-9-15-30(16-10-25)43-31-17-22-40(23-18-31)20-5-21-41-33(32-8-2-3-19-38-32)39-35(34(41)42,26-11-13-28(36)14-12-26)27-6-4-7-29(37)24-27;3-2(4,5)1(6)7/h2-4,6-16,19,24,31H,5,17-18,20-23H2,1H3;(H,6,7). The van der Waals surface area contributed by atoms with E-state index >= 15 is 0 Å². The number of carboxylic acid groups (broad SMARTS) is 1. The number of rotatable bonds is 9. The zero-order chi connectivity index (χ0) is 35.9. The first-order valence-electron chi connectivity index (χ1n) is 16.0. The second kappa shape index (κ2) is 15.6. The number of likely N-dealkylation sites (tertiary alicyclic amines) is 1. The predicted octanol–water partition coefficient (Wildman–Crippen LogP) is 6.77. The van der Waals surface area contributed by atoms with Crippen LogP contribution in [-0.2, 0) is 15.1 Å². The molecule has 0 bridgehead atoms. The van der Waals surface area contributed by atoms with Crippen LogP contribution in [0.3, 0.4) is 0 Å². The molecule has 1 unspecified atom stereocenters. The van der Waals surface area contributed by atoms with Crippen molar-refractivity contribution in [1.29, 1.82) is 0 Å². The summed E-state index contributed by atoms with van der Waals surface area (Å²) in [6.45, 7) is 5.10. The van der Waals surface area contributed by atoms with Crippen molar-refractivity contribution < 1.29 is 41.4 Å². The van der Waals surface area contributed by atoms with Gasteiger partial charge >= 0.3 is 12.1 Å². The highest BCUT2D eigenvalue weighted by atomic mass is 19.4. The summed E-state index contributed by atoms with van der Waals surface area (Å²) < 4.78 is 66.4. The molecule has 50 heavy (non-hydrogen) atoms. The van der Waals surface area contributed by atoms with Gasteiger partial charge in [-0.05, 0) is 92.4 Å². The summed E-state index contributed by atoms with van der Waals surface area (Å²) in [7, 11) is 0. The molecule has 0 radical (unpaired) electrons. The number of alkyl halides is 3. The fourth-order valence-electron chi connectivity index (χ4n) is 5.92. The van der Waals surface area contributed by atoms with Crippen molar-refractivity contribution in [3.63, 3.8) is 0 Å². The van der Waals surface area contributed by atoms with Crippen molar-refractivity contribution in [3.8, 4) is 5.75 Å². The van der Waals surface area contributed by atoms with Crippen LogP contribution in [0.1, 0.15) is 41.6 Å². The van der Waals surface area contributed by atoms with E-state index in [-0.39, 0.29) is 12.0 Å². The molecule has 1 amide bonds. The van der Waals surface area contributed by atoms with Crippen molar-refractivity contribution >= 4 is 17.7 Å². The van der Waals surface area contributed by atoms with E-state index in [9.17, 15) is 26.7 Å². The maximum Gasteiger partial charge on any atom is 0.490 e. The van der Waals surface area contributed by atoms with E-state index in [0.717, 1.165) is 38.2 Å². The summed E-state index contributed by atoms with van der Waals surface area (Å²) in [5.41, 5.74) is 1.05. The molecule has 0 aliphatic carbocycles. The van der Waals surface area contributed by atoms with Gasteiger partial charge in [0.15, 0.2) is 11.4 Å². The average Bonchev–Trinajstić information content (AvgIpc) is 3.39. The number of nitrogens with zero attached hydrogens (tertiary/aromatic N) is 4. The summed E-state index contributed by atoms with van der Waals surface area (Å²) in [5, 5.41) is 7.12. The molecule has 1 atom stereocenters. The van der Waals surface area contributed by atoms with Crippen LogP contribution in [0.5, 0.6) is 5.75 Å². The van der Waals surface area contributed by atoms with Crippen molar-refractivity contribution in [2.45, 2.75) is 44.0 Å². The first kappa shape index (κ1) is 36.1.